The number of nitrogens with zero attached hydrogens (tertiary/aromatic N) is 2. The van der Waals surface area contributed by atoms with Crippen LogP contribution >= 0.6 is 0 Å². The zero-order valence-corrected chi connectivity index (χ0v) is 12.6. The highest BCUT2D eigenvalue weighted by Gasteiger charge is 2.31. The molecule has 1 aliphatic rings. The van der Waals surface area contributed by atoms with E-state index < -0.39 is 10.0 Å². The maximum Gasteiger partial charge on any atom is 0.246 e. The van der Waals surface area contributed by atoms with Crippen molar-refractivity contribution in [2.75, 3.05) is 13.1 Å². The van der Waals surface area contributed by atoms with Gasteiger partial charge in [-0.1, -0.05) is 25.7 Å². The van der Waals surface area contributed by atoms with Crippen LogP contribution in [0.4, 0.5) is 0 Å². The van der Waals surface area contributed by atoms with Crippen molar-refractivity contribution in [3.63, 3.8) is 0 Å². The van der Waals surface area contributed by atoms with Gasteiger partial charge in [0.2, 0.25) is 10.0 Å². The summed E-state index contributed by atoms with van der Waals surface area (Å²) in [5.74, 6) is 0. The summed E-state index contributed by atoms with van der Waals surface area (Å²) in [5, 5.41) is 6.34. The van der Waals surface area contributed by atoms with Gasteiger partial charge in [0.1, 0.15) is 4.90 Å². The summed E-state index contributed by atoms with van der Waals surface area (Å²) >= 11 is 0. The molecule has 0 saturated heterocycles. The molecule has 0 aliphatic heterocycles. The van der Waals surface area contributed by atoms with Crippen LogP contribution in [0.3, 0.4) is 0 Å². The highest BCUT2D eigenvalue weighted by atomic mass is 32.2. The van der Waals surface area contributed by atoms with Gasteiger partial charge in [0, 0.05) is 18.8 Å². The molecule has 0 unspecified atom stereocenters. The molecule has 0 aromatic carbocycles. The lowest BCUT2D eigenvalue weighted by atomic mass is 10.1. The van der Waals surface area contributed by atoms with Gasteiger partial charge in [-0.25, -0.2) is 8.42 Å². The Kier molecular flexibility index (Phi) is 5.56. The molecule has 6 nitrogen and oxygen atoms in total. The van der Waals surface area contributed by atoms with Crippen molar-refractivity contribution in [3.8, 4) is 0 Å². The Labute approximate surface area is 120 Å². The Balaban J connectivity index is 2.21. The van der Waals surface area contributed by atoms with Crippen LogP contribution < -0.4 is 5.73 Å². The van der Waals surface area contributed by atoms with Crippen LogP contribution in [0.15, 0.2) is 17.3 Å². The van der Waals surface area contributed by atoms with Gasteiger partial charge in [-0.3, -0.25) is 5.10 Å². The summed E-state index contributed by atoms with van der Waals surface area (Å²) in [7, 11) is -3.46. The average Bonchev–Trinajstić information content (AvgIpc) is 2.85. The number of aromatic nitrogens is 2. The molecule has 1 aromatic heterocycles. The van der Waals surface area contributed by atoms with Crippen LogP contribution in [0, 0.1) is 0 Å². The molecule has 7 heteroatoms. The molecule has 0 spiro atoms. The van der Waals surface area contributed by atoms with E-state index in [1.807, 2.05) is 0 Å². The van der Waals surface area contributed by atoms with Crippen LogP contribution in [0.2, 0.25) is 0 Å². The zero-order valence-electron chi connectivity index (χ0n) is 11.8. The largest absolute Gasteiger partial charge is 0.330 e. The Morgan fingerprint density at radius 2 is 2.00 bits per heavy atom. The SMILES string of the molecule is NCCCN(C1CCCCCC1)S(=O)(=O)c1cn[nH]c1. The molecule has 1 aliphatic carbocycles. The molecule has 1 aromatic rings. The lowest BCUT2D eigenvalue weighted by Crippen LogP contribution is -2.41. The van der Waals surface area contributed by atoms with Gasteiger partial charge >= 0.3 is 0 Å². The van der Waals surface area contributed by atoms with Crippen molar-refractivity contribution in [3.05, 3.63) is 12.4 Å². The maximum atomic E-state index is 12.7. The van der Waals surface area contributed by atoms with Crippen LogP contribution in [0.25, 0.3) is 0 Å². The molecule has 3 N–H and O–H groups in total. The first-order valence-corrected chi connectivity index (χ1v) is 8.81. The van der Waals surface area contributed by atoms with Gasteiger partial charge in [0.25, 0.3) is 0 Å². The molecule has 1 heterocycles. The van der Waals surface area contributed by atoms with E-state index in [0.717, 1.165) is 25.7 Å². The van der Waals surface area contributed by atoms with Crippen molar-refractivity contribution in [2.24, 2.45) is 5.73 Å². The summed E-state index contributed by atoms with van der Waals surface area (Å²) in [6.45, 7) is 0.999. The molecule has 20 heavy (non-hydrogen) atoms. The molecule has 0 atom stereocenters. The summed E-state index contributed by atoms with van der Waals surface area (Å²) in [6.07, 6.45) is 10.0. The minimum absolute atomic E-state index is 0.101. The van der Waals surface area contributed by atoms with Gasteiger partial charge in [-0.15, -0.1) is 0 Å². The molecule has 114 valence electrons. The first-order valence-electron chi connectivity index (χ1n) is 7.37. The first-order chi connectivity index (χ1) is 9.66. The topological polar surface area (TPSA) is 92.1 Å². The summed E-state index contributed by atoms with van der Waals surface area (Å²) < 4.78 is 27.1. The second-order valence-electron chi connectivity index (χ2n) is 5.34. The smallest absolute Gasteiger partial charge is 0.246 e. The minimum Gasteiger partial charge on any atom is -0.330 e. The zero-order chi connectivity index (χ0) is 14.4. The number of hydrogen-bond acceptors (Lipinski definition) is 4. The second-order valence-corrected chi connectivity index (χ2v) is 7.23. The fraction of sp³-hybridized carbons (Fsp3) is 0.769. The Hall–Kier alpha value is -0.920. The lowest BCUT2D eigenvalue weighted by Gasteiger charge is -2.29. The predicted molar refractivity (Wildman–Crippen MR) is 77.6 cm³/mol. The van der Waals surface area contributed by atoms with Gasteiger partial charge in [-0.2, -0.15) is 9.40 Å². The molecule has 1 saturated carbocycles. The molecule has 0 bridgehead atoms. The average molecular weight is 300 g/mol. The predicted octanol–water partition coefficient (Wildman–Crippen LogP) is 1.47. The number of aromatic amines is 1. The summed E-state index contributed by atoms with van der Waals surface area (Å²) in [5.41, 5.74) is 5.56. The van der Waals surface area contributed by atoms with Gasteiger partial charge in [-0.05, 0) is 25.8 Å². The summed E-state index contributed by atoms with van der Waals surface area (Å²) in [4.78, 5) is 0.249. The quantitative estimate of drug-likeness (QED) is 0.778. The molecule has 1 fully saturated rings. The fourth-order valence-electron chi connectivity index (χ4n) is 2.81. The van der Waals surface area contributed by atoms with Crippen LogP contribution in [0.1, 0.15) is 44.9 Å². The highest BCUT2D eigenvalue weighted by molar-refractivity contribution is 7.89. The van der Waals surface area contributed by atoms with E-state index in [0.29, 0.717) is 19.5 Å². The van der Waals surface area contributed by atoms with Crippen molar-refractivity contribution >= 4 is 10.0 Å². The van der Waals surface area contributed by atoms with E-state index in [9.17, 15) is 8.42 Å². The van der Waals surface area contributed by atoms with Gasteiger partial charge in [0.05, 0.1) is 6.20 Å². The first kappa shape index (κ1) is 15.5. The number of H-pyrrole nitrogens is 1. The van der Waals surface area contributed by atoms with E-state index >= 15 is 0 Å². The third-order valence-electron chi connectivity index (χ3n) is 3.89. The van der Waals surface area contributed by atoms with Crippen molar-refractivity contribution in [1.29, 1.82) is 0 Å². The standard InChI is InChI=1S/C13H24N4O2S/c14-8-5-9-17(12-6-3-1-2-4-7-12)20(18,19)13-10-15-16-11-13/h10-12H,1-9,14H2,(H,15,16). The van der Waals surface area contributed by atoms with Crippen molar-refractivity contribution < 1.29 is 8.42 Å². The third-order valence-corrected chi connectivity index (χ3v) is 5.81. The highest BCUT2D eigenvalue weighted by Crippen LogP contribution is 2.26. The van der Waals surface area contributed by atoms with Crippen LogP contribution in [-0.2, 0) is 10.0 Å². The fourth-order valence-corrected chi connectivity index (χ4v) is 4.44. The maximum absolute atomic E-state index is 12.7. The Bertz CT molecular complexity index is 478. The van der Waals surface area contributed by atoms with Crippen molar-refractivity contribution in [1.82, 2.24) is 14.5 Å². The van der Waals surface area contributed by atoms with E-state index in [1.165, 1.54) is 25.2 Å². The molecule has 0 radical (unpaired) electrons. The lowest BCUT2D eigenvalue weighted by molar-refractivity contribution is 0.290. The van der Waals surface area contributed by atoms with Crippen LogP contribution in [0.5, 0.6) is 0 Å². The number of nitrogens with two attached hydrogens (primary N) is 1. The van der Waals surface area contributed by atoms with E-state index in [4.69, 9.17) is 5.73 Å². The van der Waals surface area contributed by atoms with E-state index in [-0.39, 0.29) is 10.9 Å². The van der Waals surface area contributed by atoms with Crippen molar-refractivity contribution in [2.45, 2.75) is 55.9 Å². The molecule has 0 amide bonds. The minimum atomic E-state index is -3.46. The van der Waals surface area contributed by atoms with Crippen LogP contribution in [-0.4, -0.2) is 42.1 Å². The molecule has 2 rings (SSSR count). The van der Waals surface area contributed by atoms with Gasteiger partial charge in [0.15, 0.2) is 0 Å². The Morgan fingerprint density at radius 1 is 1.30 bits per heavy atom. The number of hydrogen-bond donors (Lipinski definition) is 2. The Morgan fingerprint density at radius 3 is 2.55 bits per heavy atom. The monoisotopic (exact) mass is 300 g/mol. The number of rotatable bonds is 6. The molecular formula is C13H24N4O2S. The normalized spacial score (nSPS) is 18.3. The van der Waals surface area contributed by atoms with Gasteiger partial charge < -0.3 is 5.73 Å². The summed E-state index contributed by atoms with van der Waals surface area (Å²) in [6, 6.07) is 0.101. The number of nitrogens with one attached hydrogen (secondary N) is 1. The van der Waals surface area contributed by atoms with E-state index in [2.05, 4.69) is 10.2 Å². The number of sulfonamides is 1. The molecular weight excluding hydrogens is 276 g/mol. The van der Waals surface area contributed by atoms with E-state index in [1.54, 1.807) is 4.31 Å². The third kappa shape index (κ3) is 3.59. The second kappa shape index (κ2) is 7.19.